The number of nitrogens with one attached hydrogen (secondary N) is 3. The number of anilines is 6. The first-order valence-electron chi connectivity index (χ1n) is 11.2. The fraction of sp³-hybridized carbons (Fsp3) is 0.115. The molecule has 0 aliphatic rings. The second-order valence-corrected chi connectivity index (χ2v) is 8.52. The Bertz CT molecular complexity index is 1420. The van der Waals surface area contributed by atoms with Crippen LogP contribution >= 0.6 is 11.6 Å². The van der Waals surface area contributed by atoms with E-state index in [-0.39, 0.29) is 5.75 Å². The number of aryl methyl sites for hydroxylation is 1. The maximum atomic E-state index is 12.3. The number of hydrogen-bond acceptors (Lipinski definition) is 6. The molecule has 0 aliphatic heterocycles. The van der Waals surface area contributed by atoms with Gasteiger partial charge in [-0.2, -0.15) is 4.98 Å². The number of hydrogen-bond donors (Lipinski definition) is 3. The normalized spacial score (nSPS) is 11.0. The highest BCUT2D eigenvalue weighted by Crippen LogP contribution is 2.30. The third-order valence-electron chi connectivity index (χ3n) is 5.18. The van der Waals surface area contributed by atoms with Crippen LogP contribution in [0.1, 0.15) is 5.56 Å². The zero-order valence-corrected chi connectivity index (χ0v) is 20.9. The fourth-order valence-electron chi connectivity index (χ4n) is 3.43. The van der Waals surface area contributed by atoms with E-state index in [0.29, 0.717) is 28.2 Å². The number of urea groups is 1. The fourth-order valence-corrected chi connectivity index (χ4v) is 3.65. The smallest absolute Gasteiger partial charge is 0.406 e. The van der Waals surface area contributed by atoms with Crippen LogP contribution in [0.3, 0.4) is 0 Å². The summed E-state index contributed by atoms with van der Waals surface area (Å²) in [6, 6.07) is 19.0. The Morgan fingerprint density at radius 2 is 1.58 bits per heavy atom. The number of rotatable bonds is 7. The van der Waals surface area contributed by atoms with Gasteiger partial charge >= 0.3 is 12.4 Å². The summed E-state index contributed by atoms with van der Waals surface area (Å²) in [6.07, 6.45) is -3.27. The molecule has 0 saturated carbocycles. The lowest BCUT2D eigenvalue weighted by Crippen LogP contribution is -2.20. The molecule has 0 atom stereocenters. The van der Waals surface area contributed by atoms with Crippen molar-refractivity contribution in [2.24, 2.45) is 0 Å². The van der Waals surface area contributed by atoms with Gasteiger partial charge in [0.1, 0.15) is 10.8 Å². The zero-order chi connectivity index (χ0) is 27.3. The molecule has 0 unspecified atom stereocenters. The van der Waals surface area contributed by atoms with Gasteiger partial charge in [-0.15, -0.1) is 13.2 Å². The van der Waals surface area contributed by atoms with E-state index >= 15 is 0 Å². The molecule has 0 aliphatic carbocycles. The average molecular weight is 543 g/mol. The van der Waals surface area contributed by atoms with Gasteiger partial charge in [0.15, 0.2) is 5.82 Å². The van der Waals surface area contributed by atoms with Crippen LogP contribution in [0.2, 0.25) is 5.02 Å². The minimum Gasteiger partial charge on any atom is -0.406 e. The van der Waals surface area contributed by atoms with E-state index < -0.39 is 12.4 Å². The number of aromatic nitrogens is 2. The van der Waals surface area contributed by atoms with Crippen LogP contribution in [0, 0.1) is 6.92 Å². The van der Waals surface area contributed by atoms with Crippen LogP contribution < -0.4 is 25.6 Å². The van der Waals surface area contributed by atoms with E-state index in [1.807, 2.05) is 31.2 Å². The summed E-state index contributed by atoms with van der Waals surface area (Å²) in [5.41, 5.74) is 3.48. The first-order chi connectivity index (χ1) is 18.1. The molecular weight excluding hydrogens is 521 g/mol. The lowest BCUT2D eigenvalue weighted by molar-refractivity contribution is -0.274. The molecule has 8 nitrogen and oxygen atoms in total. The Morgan fingerprint density at radius 3 is 2.18 bits per heavy atom. The van der Waals surface area contributed by atoms with Crippen LogP contribution in [0.4, 0.5) is 52.5 Å². The molecule has 196 valence electrons. The number of ether oxygens (including phenoxy) is 1. The van der Waals surface area contributed by atoms with E-state index in [0.717, 1.165) is 29.1 Å². The largest absolute Gasteiger partial charge is 0.573 e. The maximum Gasteiger partial charge on any atom is 0.573 e. The Labute approximate surface area is 221 Å². The summed E-state index contributed by atoms with van der Waals surface area (Å²) in [7, 11) is 1.80. The van der Waals surface area contributed by atoms with Crippen molar-refractivity contribution in [3.63, 3.8) is 0 Å². The van der Waals surface area contributed by atoms with Gasteiger partial charge in [0.2, 0.25) is 5.95 Å². The van der Waals surface area contributed by atoms with Crippen molar-refractivity contribution < 1.29 is 22.7 Å². The van der Waals surface area contributed by atoms with E-state index in [2.05, 4.69) is 30.7 Å². The third-order valence-corrected chi connectivity index (χ3v) is 5.44. The maximum absolute atomic E-state index is 12.3. The molecule has 0 radical (unpaired) electrons. The molecule has 0 spiro atoms. The lowest BCUT2D eigenvalue weighted by Gasteiger charge is -2.20. The van der Waals surface area contributed by atoms with E-state index in [1.54, 1.807) is 36.2 Å². The van der Waals surface area contributed by atoms with Crippen molar-refractivity contribution in [2.75, 3.05) is 27.9 Å². The first kappa shape index (κ1) is 26.6. The Hall–Kier alpha value is -4.51. The highest BCUT2D eigenvalue weighted by molar-refractivity contribution is 6.33. The molecule has 2 amide bonds. The molecule has 0 bridgehead atoms. The minimum atomic E-state index is -4.79. The summed E-state index contributed by atoms with van der Waals surface area (Å²) in [5.74, 6) is 0.480. The lowest BCUT2D eigenvalue weighted by atomic mass is 10.2. The standard InChI is InChI=1S/C26H22ClF3N6O2/c1-16-4-3-5-19(14-16)32-24-31-15-22(27)23(35-24)36(2)20-10-6-17(7-11-20)33-25(37)34-18-8-12-21(13-9-18)38-26(28,29)30/h3-15H,1-2H3,(H,31,32,35)(H2,33,34,37). The summed E-state index contributed by atoms with van der Waals surface area (Å²) in [6.45, 7) is 1.99. The van der Waals surface area contributed by atoms with Crippen LogP contribution in [-0.4, -0.2) is 29.4 Å². The zero-order valence-electron chi connectivity index (χ0n) is 20.2. The van der Waals surface area contributed by atoms with E-state index in [4.69, 9.17) is 11.6 Å². The SMILES string of the molecule is Cc1cccc(Nc2ncc(Cl)c(N(C)c3ccc(NC(=O)Nc4ccc(OC(F)(F)F)cc4)cc3)n2)c1. The van der Waals surface area contributed by atoms with Crippen molar-refractivity contribution in [3.8, 4) is 5.75 Å². The number of benzene rings is 3. The average Bonchev–Trinajstić information content (AvgIpc) is 2.85. The predicted octanol–water partition coefficient (Wildman–Crippen LogP) is 7.49. The molecule has 4 rings (SSSR count). The summed E-state index contributed by atoms with van der Waals surface area (Å²) in [4.78, 5) is 22.9. The van der Waals surface area contributed by atoms with Crippen molar-refractivity contribution in [1.29, 1.82) is 0 Å². The number of halogens is 4. The minimum absolute atomic E-state index is 0.293. The second kappa shape index (κ2) is 11.3. The predicted molar refractivity (Wildman–Crippen MR) is 142 cm³/mol. The molecule has 0 saturated heterocycles. The monoisotopic (exact) mass is 542 g/mol. The number of carbonyl (C=O) groups is 1. The van der Waals surface area contributed by atoms with Crippen molar-refractivity contribution in [3.05, 3.63) is 89.6 Å². The molecule has 1 aromatic heterocycles. The van der Waals surface area contributed by atoms with Crippen molar-refractivity contribution >= 4 is 52.1 Å². The van der Waals surface area contributed by atoms with Gasteiger partial charge in [-0.05, 0) is 73.2 Å². The van der Waals surface area contributed by atoms with E-state index in [1.165, 1.54) is 18.3 Å². The van der Waals surface area contributed by atoms with Crippen molar-refractivity contribution in [1.82, 2.24) is 9.97 Å². The number of alkyl halides is 3. The summed E-state index contributed by atoms with van der Waals surface area (Å²) in [5, 5.41) is 8.72. The Kier molecular flexibility index (Phi) is 7.87. The Morgan fingerprint density at radius 1 is 0.947 bits per heavy atom. The van der Waals surface area contributed by atoms with E-state index in [9.17, 15) is 18.0 Å². The topological polar surface area (TPSA) is 91.4 Å². The first-order valence-corrected chi connectivity index (χ1v) is 11.6. The second-order valence-electron chi connectivity index (χ2n) is 8.12. The van der Waals surface area contributed by atoms with Crippen molar-refractivity contribution in [2.45, 2.75) is 13.3 Å². The van der Waals surface area contributed by atoms with Crippen LogP contribution in [0.5, 0.6) is 5.75 Å². The summed E-state index contributed by atoms with van der Waals surface area (Å²) >= 11 is 6.36. The number of nitrogens with zero attached hydrogens (tertiary/aromatic N) is 3. The van der Waals surface area contributed by atoms with Gasteiger partial charge in [0, 0.05) is 29.8 Å². The van der Waals surface area contributed by atoms with Gasteiger partial charge < -0.3 is 25.6 Å². The molecular formula is C26H22ClF3N6O2. The Balaban J connectivity index is 1.38. The van der Waals surface area contributed by atoms with Gasteiger partial charge in [0.25, 0.3) is 0 Å². The molecule has 1 heterocycles. The molecule has 3 N–H and O–H groups in total. The number of carbonyl (C=O) groups excluding carboxylic acids is 1. The van der Waals surface area contributed by atoms with Gasteiger partial charge in [-0.3, -0.25) is 0 Å². The van der Waals surface area contributed by atoms with Gasteiger partial charge in [0.05, 0.1) is 6.20 Å². The van der Waals surface area contributed by atoms with Gasteiger partial charge in [-0.25, -0.2) is 9.78 Å². The highest BCUT2D eigenvalue weighted by Gasteiger charge is 2.31. The molecule has 4 aromatic rings. The molecule has 3 aromatic carbocycles. The van der Waals surface area contributed by atoms with Gasteiger partial charge in [-0.1, -0.05) is 23.7 Å². The number of amides is 2. The van der Waals surface area contributed by atoms with Crippen LogP contribution in [-0.2, 0) is 0 Å². The molecule has 12 heteroatoms. The molecule has 38 heavy (non-hydrogen) atoms. The molecule has 0 fully saturated rings. The quantitative estimate of drug-likeness (QED) is 0.224. The third kappa shape index (κ3) is 7.26. The highest BCUT2D eigenvalue weighted by atomic mass is 35.5. The van der Waals surface area contributed by atoms with Crippen LogP contribution in [0.15, 0.2) is 79.0 Å². The van der Waals surface area contributed by atoms with Crippen LogP contribution in [0.25, 0.3) is 0 Å². The summed E-state index contributed by atoms with van der Waals surface area (Å²) < 4.78 is 40.6.